The molecular weight excluding hydrogens is 1100 g/mol. The number of rotatable bonds is 11. The van der Waals surface area contributed by atoms with E-state index < -0.39 is 30.1 Å². The van der Waals surface area contributed by atoms with Gasteiger partial charge in [-0.3, -0.25) is 0 Å². The quantitative estimate of drug-likeness (QED) is 0.114. The molecule has 6 unspecified atom stereocenters. The second-order valence-electron chi connectivity index (χ2n) is 26.3. The molecule has 6 bridgehead atoms. The summed E-state index contributed by atoms with van der Waals surface area (Å²) in [6.45, 7) is 19.1. The van der Waals surface area contributed by atoms with Gasteiger partial charge in [0.2, 0.25) is 41.8 Å². The normalized spacial score (nSPS) is 25.7. The lowest BCUT2D eigenvalue weighted by molar-refractivity contribution is 0.0349. The Balaban J connectivity index is 0.000000151. The number of terminal acetylenes is 1. The van der Waals surface area contributed by atoms with Crippen LogP contribution in [-0.4, -0.2) is 110 Å². The molecule has 18 heteroatoms. The zero-order chi connectivity index (χ0) is 59.9. The molecule has 8 heterocycles. The maximum Gasteiger partial charge on any atom is 0.243 e. The second kappa shape index (κ2) is 24.3. The van der Waals surface area contributed by atoms with Crippen molar-refractivity contribution in [1.29, 1.82) is 5.26 Å². The molecule has 2 aromatic heterocycles. The first kappa shape index (κ1) is 61.8. The predicted octanol–water partition coefficient (Wildman–Crippen LogP) is 11.5. The van der Waals surface area contributed by atoms with Gasteiger partial charge in [0.15, 0.2) is 0 Å². The van der Waals surface area contributed by atoms with Crippen molar-refractivity contribution in [3.63, 3.8) is 0 Å². The molecule has 6 saturated heterocycles. The molecule has 6 fully saturated rings. The molecule has 0 amide bonds. The lowest BCUT2D eigenvalue weighted by atomic mass is 9.87. The fourth-order valence-corrected chi connectivity index (χ4v) is 18.6. The van der Waals surface area contributed by atoms with Gasteiger partial charge in [-0.2, -0.15) is 18.2 Å². The summed E-state index contributed by atoms with van der Waals surface area (Å²) in [4.78, 5) is 9.59. The Kier molecular flexibility index (Phi) is 18.1. The summed E-state index contributed by atoms with van der Waals surface area (Å²) < 4.78 is 102. The van der Waals surface area contributed by atoms with Gasteiger partial charge >= 0.3 is 0 Å². The highest BCUT2D eigenvalue weighted by Crippen LogP contribution is 2.44. The van der Waals surface area contributed by atoms with Gasteiger partial charge in [0.25, 0.3) is 0 Å². The summed E-state index contributed by atoms with van der Waals surface area (Å²) >= 11 is 0. The molecule has 5 aromatic rings. The maximum atomic E-state index is 13.4. The average molecular weight is 1190 g/mol. The largest absolute Gasteiger partial charge is 0.474 e. The number of ether oxygens (including phenoxy) is 3. The first-order valence-corrected chi connectivity index (χ1v) is 33.5. The number of nitrogens with zero attached hydrogens (tertiary/aromatic N) is 6. The number of pyridine rings is 2. The number of nitriles is 1. The monoisotopic (exact) mass is 1190 g/mol. The van der Waals surface area contributed by atoms with Crippen molar-refractivity contribution in [2.45, 2.75) is 225 Å². The number of piperidine rings is 3. The van der Waals surface area contributed by atoms with E-state index in [2.05, 4.69) is 78.2 Å². The van der Waals surface area contributed by atoms with Crippen molar-refractivity contribution < 1.29 is 39.5 Å². The van der Waals surface area contributed by atoms with Crippen LogP contribution in [0, 0.1) is 23.7 Å². The number of aromatic nitrogens is 2. The lowest BCUT2D eigenvalue weighted by Gasteiger charge is -2.37. The molecule has 0 radical (unpaired) electrons. The molecular formula is C65H82N6O9S3. The van der Waals surface area contributed by atoms with Crippen LogP contribution in [0.5, 0.6) is 11.8 Å². The fraction of sp³-hybridized carbons (Fsp3) is 0.523. The zero-order valence-electron chi connectivity index (χ0n) is 49.7. The van der Waals surface area contributed by atoms with E-state index in [4.69, 9.17) is 25.9 Å². The topological polar surface area (TPSA) is 189 Å². The highest BCUT2D eigenvalue weighted by Gasteiger charge is 2.50. The van der Waals surface area contributed by atoms with E-state index >= 15 is 0 Å². The molecule has 6 aliphatic rings. The molecule has 6 aliphatic heterocycles. The van der Waals surface area contributed by atoms with Crippen LogP contribution in [0.1, 0.15) is 167 Å². The molecule has 0 saturated carbocycles. The van der Waals surface area contributed by atoms with Crippen molar-refractivity contribution in [1.82, 2.24) is 22.9 Å². The number of fused-ring (bicyclic) bond motifs is 6. The van der Waals surface area contributed by atoms with Gasteiger partial charge < -0.3 is 14.2 Å². The highest BCUT2D eigenvalue weighted by molar-refractivity contribution is 7.89. The molecule has 83 heavy (non-hydrogen) atoms. The van der Waals surface area contributed by atoms with Crippen molar-refractivity contribution in [2.75, 3.05) is 7.11 Å². The van der Waals surface area contributed by atoms with E-state index in [1.165, 1.54) is 6.20 Å². The van der Waals surface area contributed by atoms with Gasteiger partial charge in [0.05, 0.1) is 26.4 Å². The van der Waals surface area contributed by atoms with Gasteiger partial charge in [-0.05, 0) is 133 Å². The van der Waals surface area contributed by atoms with Crippen LogP contribution in [0.3, 0.4) is 0 Å². The van der Waals surface area contributed by atoms with Crippen LogP contribution < -0.4 is 9.47 Å². The van der Waals surface area contributed by atoms with Crippen LogP contribution in [-0.2, 0) is 51.1 Å². The first-order chi connectivity index (χ1) is 39.1. The Hall–Kier alpha value is -5.70. The van der Waals surface area contributed by atoms with Gasteiger partial charge in [-0.15, -0.1) is 6.42 Å². The summed E-state index contributed by atoms with van der Waals surface area (Å²) in [5.41, 5.74) is 4.59. The van der Waals surface area contributed by atoms with Gasteiger partial charge in [0.1, 0.15) is 18.3 Å². The molecule has 0 spiro atoms. The van der Waals surface area contributed by atoms with Crippen LogP contribution in [0.2, 0.25) is 0 Å². The fourth-order valence-electron chi connectivity index (χ4n) is 13.0. The summed E-state index contributed by atoms with van der Waals surface area (Å²) in [6.07, 6.45) is 18.2. The molecule has 6 atom stereocenters. The van der Waals surface area contributed by atoms with E-state index in [-0.39, 0.29) is 70.8 Å². The molecule has 444 valence electrons. The molecule has 0 N–H and O–H groups in total. The second-order valence-corrected chi connectivity index (χ2v) is 31.8. The Morgan fingerprint density at radius 1 is 0.446 bits per heavy atom. The summed E-state index contributed by atoms with van der Waals surface area (Å²) in [7, 11) is -8.76. The minimum absolute atomic E-state index is 0.0105. The van der Waals surface area contributed by atoms with E-state index in [0.717, 1.165) is 68.1 Å². The lowest BCUT2D eigenvalue weighted by Crippen LogP contribution is -2.49. The van der Waals surface area contributed by atoms with Crippen molar-refractivity contribution in [2.24, 2.45) is 0 Å². The molecule has 15 nitrogen and oxygen atoms in total. The third-order valence-corrected chi connectivity index (χ3v) is 23.5. The minimum atomic E-state index is -3.54. The Morgan fingerprint density at radius 3 is 0.952 bits per heavy atom. The van der Waals surface area contributed by atoms with Gasteiger partial charge in [-0.1, -0.05) is 105 Å². The number of sulfonamides is 3. The molecule has 11 rings (SSSR count). The minimum Gasteiger partial charge on any atom is -0.474 e. The summed E-state index contributed by atoms with van der Waals surface area (Å²) in [5, 5.41) is 8.89. The van der Waals surface area contributed by atoms with Crippen molar-refractivity contribution in [3.05, 3.63) is 137 Å². The van der Waals surface area contributed by atoms with E-state index in [0.29, 0.717) is 63.3 Å². The summed E-state index contributed by atoms with van der Waals surface area (Å²) in [5.74, 6) is 3.55. The third-order valence-electron chi connectivity index (χ3n) is 17.4. The average Bonchev–Trinajstić information content (AvgIpc) is 4.22. The summed E-state index contributed by atoms with van der Waals surface area (Å²) in [6, 6.07) is 31.0. The van der Waals surface area contributed by atoms with Gasteiger partial charge in [0, 0.05) is 99.1 Å². The number of benzene rings is 3. The number of hydrogen-bond acceptors (Lipinski definition) is 12. The Labute approximate surface area is 494 Å². The van der Waals surface area contributed by atoms with E-state index in [1.807, 2.05) is 42.5 Å². The van der Waals surface area contributed by atoms with Crippen LogP contribution >= 0.6 is 0 Å². The number of methoxy groups -OCH3 is 1. The third kappa shape index (κ3) is 13.7. The SMILES string of the molecule is C#Cc1ccc(OC2CC3CCC(C2)N3S(=O)(=O)c2ccc(C(C)(C)C)cc2)nc1.CC(C)(C)c1ccc(S(=O)(=O)N2C3CCC2CC(Oc2ccc(C#N)cn2)C3)cc1.COC1CC2CCC(C1)N2S(=O)(=O)c1ccc(C(C)(C)C)cc1. The van der Waals surface area contributed by atoms with Gasteiger partial charge in [-0.25, -0.2) is 35.2 Å². The smallest absolute Gasteiger partial charge is 0.243 e. The van der Waals surface area contributed by atoms with Crippen LogP contribution in [0.4, 0.5) is 0 Å². The van der Waals surface area contributed by atoms with Crippen LogP contribution in [0.15, 0.2) is 124 Å². The Morgan fingerprint density at radius 2 is 0.723 bits per heavy atom. The van der Waals surface area contributed by atoms with Crippen LogP contribution in [0.25, 0.3) is 0 Å². The number of hydrogen-bond donors (Lipinski definition) is 0. The van der Waals surface area contributed by atoms with Crippen molar-refractivity contribution >= 4 is 30.1 Å². The molecule has 0 aliphatic carbocycles. The molecule has 3 aromatic carbocycles. The zero-order valence-corrected chi connectivity index (χ0v) is 52.2. The van der Waals surface area contributed by atoms with E-state index in [1.54, 1.807) is 86.9 Å². The Bertz CT molecular complexity index is 3280. The first-order valence-electron chi connectivity index (χ1n) is 29.2. The predicted molar refractivity (Wildman–Crippen MR) is 321 cm³/mol. The van der Waals surface area contributed by atoms with E-state index in [9.17, 15) is 25.3 Å². The maximum absolute atomic E-state index is 13.4. The standard InChI is InChI=1S/C24H28N2O3S.C23H27N3O3S.C18H27NO3S/c1-5-17-6-13-23(25-16-17)29-21-14-19-9-10-20(15-21)26(19)30(27,28)22-11-7-18(8-12-22)24(2,3)4;1-23(2,3)17-5-9-21(10-6-17)30(27,28)26-18-7-8-19(26)13-20(12-18)29-22-11-4-16(14-24)15-25-22;1-18(2,3)13-5-9-17(10-6-13)23(20,21)19-14-7-8-15(19)12-16(11-14)22-4/h1,6-8,11-13,16,19-21H,9-10,14-15H2,2-4H3;4-6,9-11,15,18-20H,7-8,12-13H2,1-3H3;5-6,9-10,14-16H,7-8,11-12H2,1-4H3. The highest BCUT2D eigenvalue weighted by atomic mass is 32.2. The van der Waals surface area contributed by atoms with Crippen molar-refractivity contribution in [3.8, 4) is 30.2 Å².